The fourth-order valence-electron chi connectivity index (χ4n) is 1.44. The third-order valence-corrected chi connectivity index (χ3v) is 3.17. The van der Waals surface area contributed by atoms with Crippen LogP contribution in [0.15, 0.2) is 24.3 Å². The van der Waals surface area contributed by atoms with Crippen molar-refractivity contribution in [1.29, 1.82) is 0 Å². The number of hydrogen-bond donors (Lipinski definition) is 2. The Morgan fingerprint density at radius 3 is 2.74 bits per heavy atom. The van der Waals surface area contributed by atoms with Crippen LogP contribution in [-0.2, 0) is 4.79 Å². The molecule has 3 N–H and O–H groups in total. The molecule has 1 rings (SSSR count). The summed E-state index contributed by atoms with van der Waals surface area (Å²) in [5, 5.41) is 2.77. The van der Waals surface area contributed by atoms with E-state index in [4.69, 9.17) is 22.7 Å². The predicted molar refractivity (Wildman–Crippen MR) is 80.3 cm³/mol. The molecule has 0 aliphatic carbocycles. The van der Waals surface area contributed by atoms with Gasteiger partial charge in [-0.25, -0.2) is 0 Å². The fourth-order valence-corrected chi connectivity index (χ4v) is 1.49. The van der Waals surface area contributed by atoms with Crippen molar-refractivity contribution in [2.24, 2.45) is 5.73 Å². The van der Waals surface area contributed by atoms with Crippen molar-refractivity contribution in [1.82, 2.24) is 5.32 Å². The lowest BCUT2D eigenvalue weighted by Crippen LogP contribution is -2.52. The molecule has 0 aromatic heterocycles. The van der Waals surface area contributed by atoms with Crippen LogP contribution in [0.4, 0.5) is 0 Å². The molecule has 0 heterocycles. The van der Waals surface area contributed by atoms with Crippen LogP contribution in [0.3, 0.4) is 0 Å². The summed E-state index contributed by atoms with van der Waals surface area (Å²) in [7, 11) is 0. The van der Waals surface area contributed by atoms with E-state index in [1.54, 1.807) is 13.8 Å². The number of thiocarbonyl (C=S) groups is 1. The highest BCUT2D eigenvalue weighted by Gasteiger charge is 2.23. The molecule has 0 spiro atoms. The van der Waals surface area contributed by atoms with Crippen LogP contribution < -0.4 is 15.8 Å². The molecule has 104 valence electrons. The van der Waals surface area contributed by atoms with Gasteiger partial charge in [-0.15, -0.1) is 0 Å². The van der Waals surface area contributed by atoms with E-state index in [1.165, 1.54) is 0 Å². The quantitative estimate of drug-likeness (QED) is 0.782. The number of hydrogen-bond acceptors (Lipinski definition) is 3. The number of ether oxygens (including phenoxy) is 1. The minimum Gasteiger partial charge on any atom is -0.493 e. The molecule has 0 atom stereocenters. The molecule has 1 aromatic carbocycles. The number of carbonyl (C=O) groups is 1. The molecule has 0 bridgehead atoms. The topological polar surface area (TPSA) is 64.3 Å². The summed E-state index contributed by atoms with van der Waals surface area (Å²) in [6, 6.07) is 7.70. The Balaban J connectivity index is 2.37. The van der Waals surface area contributed by atoms with E-state index in [-0.39, 0.29) is 17.3 Å². The van der Waals surface area contributed by atoms with Crippen LogP contribution in [0.2, 0.25) is 0 Å². The summed E-state index contributed by atoms with van der Waals surface area (Å²) in [4.78, 5) is 12.0. The molecule has 0 saturated carbocycles. The maximum Gasteiger partial charge on any atom is 0.224 e. The van der Waals surface area contributed by atoms with Gasteiger partial charge in [0.2, 0.25) is 5.91 Å². The van der Waals surface area contributed by atoms with E-state index >= 15 is 0 Å². The monoisotopic (exact) mass is 280 g/mol. The lowest BCUT2D eigenvalue weighted by molar-refractivity contribution is -0.122. The molecular formula is C14H20N2O2S. The van der Waals surface area contributed by atoms with Gasteiger partial charge in [0.15, 0.2) is 0 Å². The second-order valence-corrected chi connectivity index (χ2v) is 5.39. The molecule has 19 heavy (non-hydrogen) atoms. The van der Waals surface area contributed by atoms with Crippen LogP contribution in [-0.4, -0.2) is 23.0 Å². The van der Waals surface area contributed by atoms with Gasteiger partial charge in [-0.2, -0.15) is 0 Å². The standard InChI is InChI=1S/C14H20N2O2S/c1-10-5-4-6-11(9-10)18-8-7-12(17)16-14(2,3)13(15)19/h4-6,9H,7-8H2,1-3H3,(H2,15,19)(H,16,17). The first-order chi connectivity index (χ1) is 8.81. The van der Waals surface area contributed by atoms with Gasteiger partial charge >= 0.3 is 0 Å². The largest absolute Gasteiger partial charge is 0.493 e. The molecule has 1 aromatic rings. The van der Waals surface area contributed by atoms with Crippen molar-refractivity contribution >= 4 is 23.1 Å². The van der Waals surface area contributed by atoms with Crippen LogP contribution >= 0.6 is 12.2 Å². The van der Waals surface area contributed by atoms with Gasteiger partial charge < -0.3 is 15.8 Å². The van der Waals surface area contributed by atoms with Crippen molar-refractivity contribution in [2.75, 3.05) is 6.61 Å². The number of benzene rings is 1. The van der Waals surface area contributed by atoms with Crippen molar-refractivity contribution in [2.45, 2.75) is 32.7 Å². The summed E-state index contributed by atoms with van der Waals surface area (Å²) in [6.07, 6.45) is 0.264. The second kappa shape index (κ2) is 6.52. The van der Waals surface area contributed by atoms with Gasteiger partial charge in [0, 0.05) is 0 Å². The molecule has 0 aliphatic rings. The summed E-state index contributed by atoms with van der Waals surface area (Å²) >= 11 is 4.89. The molecule has 4 nitrogen and oxygen atoms in total. The molecule has 0 radical (unpaired) electrons. The average Bonchev–Trinajstić information content (AvgIpc) is 2.28. The Morgan fingerprint density at radius 1 is 1.47 bits per heavy atom. The highest BCUT2D eigenvalue weighted by molar-refractivity contribution is 7.80. The molecule has 5 heteroatoms. The summed E-state index contributed by atoms with van der Waals surface area (Å²) in [6.45, 7) is 5.86. The Labute approximate surface area is 119 Å². The highest BCUT2D eigenvalue weighted by atomic mass is 32.1. The van der Waals surface area contributed by atoms with Gasteiger partial charge in [-0.1, -0.05) is 24.4 Å². The molecular weight excluding hydrogens is 260 g/mol. The van der Waals surface area contributed by atoms with Crippen LogP contribution in [0, 0.1) is 6.92 Å². The van der Waals surface area contributed by atoms with Crippen molar-refractivity contribution in [3.05, 3.63) is 29.8 Å². The summed E-state index contributed by atoms with van der Waals surface area (Å²) < 4.78 is 5.51. The lowest BCUT2D eigenvalue weighted by Gasteiger charge is -2.24. The van der Waals surface area contributed by atoms with Gasteiger partial charge in [0.1, 0.15) is 5.75 Å². The van der Waals surface area contributed by atoms with Gasteiger partial charge in [0.05, 0.1) is 23.6 Å². The zero-order valence-electron chi connectivity index (χ0n) is 11.5. The Bertz CT molecular complexity index is 472. The molecule has 0 fully saturated rings. The number of nitrogens with one attached hydrogen (secondary N) is 1. The van der Waals surface area contributed by atoms with E-state index in [9.17, 15) is 4.79 Å². The van der Waals surface area contributed by atoms with E-state index in [1.807, 2.05) is 31.2 Å². The van der Waals surface area contributed by atoms with Gasteiger partial charge in [-0.05, 0) is 38.5 Å². The Kier molecular flexibility index (Phi) is 5.30. The second-order valence-electron chi connectivity index (χ2n) is 4.95. The van der Waals surface area contributed by atoms with E-state index in [0.29, 0.717) is 6.61 Å². The summed E-state index contributed by atoms with van der Waals surface area (Å²) in [5.41, 5.74) is 5.99. The first-order valence-corrected chi connectivity index (χ1v) is 6.52. The molecule has 0 aliphatic heterocycles. The van der Waals surface area contributed by atoms with Gasteiger partial charge in [-0.3, -0.25) is 4.79 Å². The third-order valence-electron chi connectivity index (χ3n) is 2.66. The normalized spacial score (nSPS) is 10.9. The number of rotatable bonds is 6. The minimum absolute atomic E-state index is 0.134. The molecule has 1 amide bonds. The average molecular weight is 280 g/mol. The van der Waals surface area contributed by atoms with Crippen LogP contribution in [0.5, 0.6) is 5.75 Å². The highest BCUT2D eigenvalue weighted by Crippen LogP contribution is 2.12. The van der Waals surface area contributed by atoms with E-state index in [0.717, 1.165) is 11.3 Å². The van der Waals surface area contributed by atoms with Gasteiger partial charge in [0.25, 0.3) is 0 Å². The Morgan fingerprint density at radius 2 is 2.16 bits per heavy atom. The lowest BCUT2D eigenvalue weighted by atomic mass is 10.1. The molecule has 0 unspecified atom stereocenters. The SMILES string of the molecule is Cc1cccc(OCCC(=O)NC(C)(C)C(N)=S)c1. The van der Waals surface area contributed by atoms with E-state index in [2.05, 4.69) is 5.32 Å². The van der Waals surface area contributed by atoms with Crippen molar-refractivity contribution in [3.8, 4) is 5.75 Å². The minimum atomic E-state index is -0.671. The predicted octanol–water partition coefficient (Wildman–Crippen LogP) is 1.94. The summed E-state index contributed by atoms with van der Waals surface area (Å²) in [5.74, 6) is 0.631. The number of nitrogens with two attached hydrogens (primary N) is 1. The Hall–Kier alpha value is -1.62. The zero-order chi connectivity index (χ0) is 14.5. The number of amides is 1. The van der Waals surface area contributed by atoms with Crippen molar-refractivity contribution < 1.29 is 9.53 Å². The van der Waals surface area contributed by atoms with Crippen LogP contribution in [0.1, 0.15) is 25.8 Å². The van der Waals surface area contributed by atoms with Crippen LogP contribution in [0.25, 0.3) is 0 Å². The zero-order valence-corrected chi connectivity index (χ0v) is 12.3. The first-order valence-electron chi connectivity index (χ1n) is 6.11. The number of carbonyl (C=O) groups excluding carboxylic acids is 1. The third kappa shape index (κ3) is 5.26. The van der Waals surface area contributed by atoms with Crippen molar-refractivity contribution in [3.63, 3.8) is 0 Å². The molecule has 0 saturated heterocycles. The fraction of sp³-hybridized carbons (Fsp3) is 0.429. The number of aryl methyl sites for hydroxylation is 1. The van der Waals surface area contributed by atoms with E-state index < -0.39 is 5.54 Å². The first kappa shape index (κ1) is 15.4. The maximum atomic E-state index is 11.7. The smallest absolute Gasteiger partial charge is 0.224 e. The maximum absolute atomic E-state index is 11.7.